The van der Waals surface area contributed by atoms with Gasteiger partial charge in [-0.25, -0.2) is 0 Å². The van der Waals surface area contributed by atoms with E-state index < -0.39 is 5.92 Å². The molecular weight excluding hydrogens is 398 g/mol. The first-order valence-electron chi connectivity index (χ1n) is 10.8. The molecule has 5 heteroatoms. The zero-order chi connectivity index (χ0) is 21.7. The maximum atomic E-state index is 13.8. The Labute approximate surface area is 185 Å². The van der Waals surface area contributed by atoms with Crippen molar-refractivity contribution in [3.8, 4) is 0 Å². The van der Waals surface area contributed by atoms with Crippen molar-refractivity contribution in [3.63, 3.8) is 0 Å². The van der Waals surface area contributed by atoms with Crippen LogP contribution >= 0.6 is 0 Å². The maximum Gasteiger partial charge on any atom is 0.254 e. The first-order chi connectivity index (χ1) is 15.7. The number of nitrogens with zero attached hydrogens (tertiary/aromatic N) is 2. The summed E-state index contributed by atoms with van der Waals surface area (Å²) in [6.45, 7) is 0.607. The van der Waals surface area contributed by atoms with Gasteiger partial charge in [-0.2, -0.15) is 0 Å². The highest BCUT2D eigenvalue weighted by atomic mass is 16.2. The van der Waals surface area contributed by atoms with Gasteiger partial charge in [-0.05, 0) is 41.3 Å². The molecule has 4 aromatic rings. The van der Waals surface area contributed by atoms with Gasteiger partial charge in [-0.3, -0.25) is 14.6 Å². The van der Waals surface area contributed by atoms with Crippen molar-refractivity contribution in [2.24, 2.45) is 0 Å². The summed E-state index contributed by atoms with van der Waals surface area (Å²) in [5.74, 6) is -0.637. The van der Waals surface area contributed by atoms with Crippen molar-refractivity contribution in [1.29, 1.82) is 0 Å². The maximum absolute atomic E-state index is 13.8. The first-order valence-corrected chi connectivity index (χ1v) is 10.8. The zero-order valence-electron chi connectivity index (χ0n) is 17.4. The minimum Gasteiger partial charge on any atom is -0.330 e. The Balaban J connectivity index is 1.45. The largest absolute Gasteiger partial charge is 0.330 e. The third-order valence-electron chi connectivity index (χ3n) is 6.57. The van der Waals surface area contributed by atoms with Crippen LogP contribution in [0, 0.1) is 0 Å². The summed E-state index contributed by atoms with van der Waals surface area (Å²) in [5, 5.41) is 4.05. The highest BCUT2D eigenvalue weighted by Gasteiger charge is 2.46. The molecule has 6 rings (SSSR count). The second kappa shape index (κ2) is 7.31. The van der Waals surface area contributed by atoms with Gasteiger partial charge in [-0.1, -0.05) is 60.7 Å². The number of para-hydroxylation sites is 1. The fourth-order valence-corrected chi connectivity index (χ4v) is 5.12. The Morgan fingerprint density at radius 1 is 0.938 bits per heavy atom. The summed E-state index contributed by atoms with van der Waals surface area (Å²) in [5.41, 5.74) is 5.18. The number of carbonyl (C=O) groups excluding carboxylic acids is 2. The van der Waals surface area contributed by atoms with Crippen molar-refractivity contribution in [2.75, 3.05) is 11.9 Å². The van der Waals surface area contributed by atoms with Gasteiger partial charge in [-0.15, -0.1) is 0 Å². The highest BCUT2D eigenvalue weighted by molar-refractivity contribution is 6.05. The number of amides is 2. The molecule has 0 spiro atoms. The quantitative estimate of drug-likeness (QED) is 0.512. The third kappa shape index (κ3) is 2.89. The average molecular weight is 419 g/mol. The minimum atomic E-state index is -0.503. The summed E-state index contributed by atoms with van der Waals surface area (Å²) in [7, 11) is 0. The SMILES string of the molecule is O=C(Nc1cnc2ccccc2c1)[C@@H]1c2ccccc2C(=O)N2CCc3ccccc3[C@@H]12. The number of hydrogen-bond donors (Lipinski definition) is 1. The lowest BCUT2D eigenvalue weighted by molar-refractivity contribution is -0.119. The topological polar surface area (TPSA) is 62.3 Å². The van der Waals surface area contributed by atoms with Crippen LogP contribution in [0.3, 0.4) is 0 Å². The molecule has 0 unspecified atom stereocenters. The average Bonchev–Trinajstić information content (AvgIpc) is 2.84. The molecule has 5 nitrogen and oxygen atoms in total. The van der Waals surface area contributed by atoms with Gasteiger partial charge >= 0.3 is 0 Å². The van der Waals surface area contributed by atoms with Gasteiger partial charge in [0.15, 0.2) is 0 Å². The molecule has 1 N–H and O–H groups in total. The number of carbonyl (C=O) groups is 2. The molecule has 3 aromatic carbocycles. The molecule has 32 heavy (non-hydrogen) atoms. The van der Waals surface area contributed by atoms with Crippen molar-refractivity contribution in [1.82, 2.24) is 9.88 Å². The van der Waals surface area contributed by atoms with E-state index in [1.165, 1.54) is 5.56 Å². The van der Waals surface area contributed by atoms with Crippen molar-refractivity contribution in [2.45, 2.75) is 18.4 Å². The standard InChI is InChI=1S/C27H21N3O2/c31-26(29-19-15-18-8-2-6-12-23(18)28-16-19)24-21-10-4-5-11-22(21)27(32)30-14-13-17-7-1-3-9-20(17)25(24)30/h1-12,15-16,24-25H,13-14H2,(H,29,31)/t24-,25+/m1/s1. The van der Waals surface area contributed by atoms with E-state index in [4.69, 9.17) is 0 Å². The predicted molar refractivity (Wildman–Crippen MR) is 123 cm³/mol. The molecule has 2 amide bonds. The van der Waals surface area contributed by atoms with Gasteiger partial charge in [0.25, 0.3) is 5.91 Å². The Kier molecular flexibility index (Phi) is 4.28. The molecule has 2 atom stereocenters. The summed E-state index contributed by atoms with van der Waals surface area (Å²) >= 11 is 0. The van der Waals surface area contributed by atoms with Crippen LogP contribution in [0.1, 0.15) is 39.0 Å². The van der Waals surface area contributed by atoms with Crippen molar-refractivity contribution in [3.05, 3.63) is 107 Å². The third-order valence-corrected chi connectivity index (χ3v) is 6.57. The van der Waals surface area contributed by atoms with Gasteiger partial charge in [0, 0.05) is 17.5 Å². The molecule has 0 bridgehead atoms. The molecular formula is C27H21N3O2. The van der Waals surface area contributed by atoms with Crippen molar-refractivity contribution < 1.29 is 9.59 Å². The Morgan fingerprint density at radius 3 is 2.59 bits per heavy atom. The molecule has 0 saturated heterocycles. The molecule has 0 saturated carbocycles. The molecule has 156 valence electrons. The number of benzene rings is 3. The van der Waals surface area contributed by atoms with Crippen LogP contribution < -0.4 is 5.32 Å². The van der Waals surface area contributed by atoms with E-state index in [0.717, 1.165) is 28.5 Å². The van der Waals surface area contributed by atoms with Crippen molar-refractivity contribution >= 4 is 28.4 Å². The van der Waals surface area contributed by atoms with Gasteiger partial charge in [0.1, 0.15) is 0 Å². The van der Waals surface area contributed by atoms with Gasteiger partial charge in [0.05, 0.1) is 29.4 Å². The van der Waals surface area contributed by atoms with Gasteiger partial charge < -0.3 is 10.2 Å². The molecule has 2 aliphatic rings. The first kappa shape index (κ1) is 18.8. The van der Waals surface area contributed by atoms with E-state index in [1.807, 2.05) is 77.7 Å². The van der Waals surface area contributed by atoms with Crippen LogP contribution in [0.5, 0.6) is 0 Å². The summed E-state index contributed by atoms with van der Waals surface area (Å²) in [4.78, 5) is 33.4. The fraction of sp³-hybridized carbons (Fsp3) is 0.148. The van der Waals surface area contributed by atoms with E-state index in [0.29, 0.717) is 17.8 Å². The molecule has 0 fully saturated rings. The van der Waals surface area contributed by atoms with E-state index in [2.05, 4.69) is 16.4 Å². The number of hydrogen-bond acceptors (Lipinski definition) is 3. The van der Waals surface area contributed by atoms with Crippen LogP contribution in [0.2, 0.25) is 0 Å². The van der Waals surface area contributed by atoms with Crippen LogP contribution in [0.4, 0.5) is 5.69 Å². The monoisotopic (exact) mass is 419 g/mol. The number of anilines is 1. The van der Waals surface area contributed by atoms with Gasteiger partial charge in [0.2, 0.25) is 5.91 Å². The van der Waals surface area contributed by atoms with Crippen LogP contribution in [0.25, 0.3) is 10.9 Å². The number of rotatable bonds is 2. The Morgan fingerprint density at radius 2 is 1.69 bits per heavy atom. The van der Waals surface area contributed by atoms with Crippen LogP contribution in [0.15, 0.2) is 85.1 Å². The second-order valence-electron chi connectivity index (χ2n) is 8.36. The van der Waals surface area contributed by atoms with Crippen LogP contribution in [-0.2, 0) is 11.2 Å². The Bertz CT molecular complexity index is 1380. The number of pyridine rings is 1. The Hall–Kier alpha value is -3.99. The lowest BCUT2D eigenvalue weighted by Gasteiger charge is -2.45. The molecule has 1 aromatic heterocycles. The summed E-state index contributed by atoms with van der Waals surface area (Å²) in [6, 6.07) is 25.1. The molecule has 0 radical (unpaired) electrons. The summed E-state index contributed by atoms with van der Waals surface area (Å²) in [6.07, 6.45) is 2.48. The van der Waals surface area contributed by atoms with E-state index in [1.54, 1.807) is 6.20 Å². The number of nitrogens with one attached hydrogen (secondary N) is 1. The second-order valence-corrected chi connectivity index (χ2v) is 8.36. The van der Waals surface area contributed by atoms with Crippen LogP contribution in [-0.4, -0.2) is 28.2 Å². The zero-order valence-corrected chi connectivity index (χ0v) is 17.4. The lowest BCUT2D eigenvalue weighted by atomic mass is 9.76. The smallest absolute Gasteiger partial charge is 0.254 e. The lowest BCUT2D eigenvalue weighted by Crippen LogP contribution is -2.49. The fourth-order valence-electron chi connectivity index (χ4n) is 5.12. The normalized spacial score (nSPS) is 19.1. The molecule has 0 aliphatic carbocycles. The molecule has 3 heterocycles. The van der Waals surface area contributed by atoms with E-state index in [9.17, 15) is 9.59 Å². The minimum absolute atomic E-state index is 0.00322. The highest BCUT2D eigenvalue weighted by Crippen LogP contribution is 2.46. The number of aromatic nitrogens is 1. The number of fused-ring (bicyclic) bond motifs is 5. The summed E-state index contributed by atoms with van der Waals surface area (Å²) < 4.78 is 0. The van der Waals surface area contributed by atoms with E-state index in [-0.39, 0.29) is 17.9 Å². The predicted octanol–water partition coefficient (Wildman–Crippen LogP) is 4.71. The molecule has 2 aliphatic heterocycles. The van der Waals surface area contributed by atoms with E-state index >= 15 is 0 Å².